The van der Waals surface area contributed by atoms with Gasteiger partial charge < -0.3 is 9.84 Å². The second kappa shape index (κ2) is 8.75. The Morgan fingerprint density at radius 2 is 1.70 bits per heavy atom. The van der Waals surface area contributed by atoms with Crippen molar-refractivity contribution < 1.29 is 19.4 Å². The molecule has 0 radical (unpaired) electrons. The molecule has 4 rings (SSSR count). The first-order valence-electron chi connectivity index (χ1n) is 10.5. The fraction of sp³-hybridized carbons (Fsp3) is 0.185. The van der Waals surface area contributed by atoms with Gasteiger partial charge >= 0.3 is 0 Å². The highest BCUT2D eigenvalue weighted by molar-refractivity contribution is 6.51. The van der Waals surface area contributed by atoms with E-state index in [2.05, 4.69) is 0 Å². The molecule has 6 heteroatoms. The summed E-state index contributed by atoms with van der Waals surface area (Å²) in [6.07, 6.45) is 0. The SMILES string of the molecule is COc1c(C)cc(C)cc1/C(O)=C1\C(=O)C(=O)N(c2cccc(Cl)c2)C1c1cccc(C)c1. The number of hydrogen-bond acceptors (Lipinski definition) is 4. The number of amides is 1. The van der Waals surface area contributed by atoms with Crippen molar-refractivity contribution in [2.45, 2.75) is 26.8 Å². The Labute approximate surface area is 197 Å². The van der Waals surface area contributed by atoms with Crippen molar-refractivity contribution in [1.29, 1.82) is 0 Å². The maximum Gasteiger partial charge on any atom is 0.300 e. The standard InChI is InChI=1S/C27H24ClNO4/c1-15-7-5-8-18(12-15)23-22(24(30)21-13-16(2)11-17(3)26(21)33-4)25(31)27(32)29(23)20-10-6-9-19(28)14-20/h5-14,23,30H,1-4H3/b24-22+. The van der Waals surface area contributed by atoms with Crippen molar-refractivity contribution in [1.82, 2.24) is 0 Å². The Kier molecular flexibility index (Phi) is 6.00. The Bertz CT molecular complexity index is 1310. The first-order chi connectivity index (χ1) is 15.7. The zero-order valence-corrected chi connectivity index (χ0v) is 19.6. The van der Waals surface area contributed by atoms with Gasteiger partial charge in [0.05, 0.1) is 24.3 Å². The number of hydrogen-bond donors (Lipinski definition) is 1. The van der Waals surface area contributed by atoms with Gasteiger partial charge in [0, 0.05) is 10.7 Å². The number of aliphatic hydroxyl groups is 1. The third-order valence-electron chi connectivity index (χ3n) is 5.77. The molecule has 0 aromatic heterocycles. The molecule has 3 aromatic carbocycles. The number of Topliss-reactive ketones (excluding diaryl/α,β-unsaturated/α-hetero) is 1. The lowest BCUT2D eigenvalue weighted by molar-refractivity contribution is -0.132. The number of aliphatic hydroxyl groups excluding tert-OH is 1. The molecule has 3 aromatic rings. The Hall–Kier alpha value is -3.57. The normalized spacial score (nSPS) is 17.5. The van der Waals surface area contributed by atoms with Gasteiger partial charge in [0.2, 0.25) is 0 Å². The number of aryl methyl sites for hydroxylation is 3. The van der Waals surface area contributed by atoms with Gasteiger partial charge in [-0.25, -0.2) is 0 Å². The minimum Gasteiger partial charge on any atom is -0.507 e. The van der Waals surface area contributed by atoms with Gasteiger partial charge in [-0.15, -0.1) is 0 Å². The zero-order valence-electron chi connectivity index (χ0n) is 18.8. The van der Waals surface area contributed by atoms with Crippen molar-refractivity contribution >= 4 is 34.7 Å². The highest BCUT2D eigenvalue weighted by atomic mass is 35.5. The fourth-order valence-corrected chi connectivity index (χ4v) is 4.61. The van der Waals surface area contributed by atoms with Crippen molar-refractivity contribution in [2.24, 2.45) is 0 Å². The van der Waals surface area contributed by atoms with Crippen LogP contribution < -0.4 is 9.64 Å². The molecule has 5 nitrogen and oxygen atoms in total. The smallest absolute Gasteiger partial charge is 0.300 e. The van der Waals surface area contributed by atoms with E-state index in [1.165, 1.54) is 12.0 Å². The zero-order chi connectivity index (χ0) is 23.9. The molecule has 0 saturated carbocycles. The third-order valence-corrected chi connectivity index (χ3v) is 6.00. The number of carbonyl (C=O) groups is 2. The maximum atomic E-state index is 13.3. The summed E-state index contributed by atoms with van der Waals surface area (Å²) in [7, 11) is 1.51. The lowest BCUT2D eigenvalue weighted by Crippen LogP contribution is -2.29. The lowest BCUT2D eigenvalue weighted by atomic mass is 9.93. The van der Waals surface area contributed by atoms with Gasteiger partial charge in [-0.1, -0.05) is 53.6 Å². The number of halogens is 1. The molecule has 0 bridgehead atoms. The van der Waals surface area contributed by atoms with Crippen LogP contribution in [0.5, 0.6) is 5.75 Å². The molecule has 1 aliphatic rings. The second-order valence-electron chi connectivity index (χ2n) is 8.23. The van der Waals surface area contributed by atoms with E-state index in [1.807, 2.05) is 51.1 Å². The largest absolute Gasteiger partial charge is 0.507 e. The van der Waals surface area contributed by atoms with E-state index in [-0.39, 0.29) is 11.3 Å². The molecule has 1 fully saturated rings. The summed E-state index contributed by atoms with van der Waals surface area (Å²) >= 11 is 6.19. The number of rotatable bonds is 4. The predicted molar refractivity (Wildman–Crippen MR) is 130 cm³/mol. The van der Waals surface area contributed by atoms with Crippen LogP contribution in [-0.2, 0) is 9.59 Å². The summed E-state index contributed by atoms with van der Waals surface area (Å²) in [6.45, 7) is 5.69. The van der Waals surface area contributed by atoms with Crippen LogP contribution in [0.4, 0.5) is 5.69 Å². The van der Waals surface area contributed by atoms with Crippen LogP contribution in [0.25, 0.3) is 5.76 Å². The van der Waals surface area contributed by atoms with E-state index >= 15 is 0 Å². The Balaban J connectivity index is 2.02. The number of carbonyl (C=O) groups excluding carboxylic acids is 2. The summed E-state index contributed by atoms with van der Waals surface area (Å²) in [5.41, 5.74) is 4.24. The molecule has 1 heterocycles. The summed E-state index contributed by atoms with van der Waals surface area (Å²) < 4.78 is 5.54. The van der Waals surface area contributed by atoms with Gasteiger partial charge in [0.15, 0.2) is 0 Å². The highest BCUT2D eigenvalue weighted by Crippen LogP contribution is 2.44. The van der Waals surface area contributed by atoms with Gasteiger partial charge in [-0.05, 0) is 61.7 Å². The maximum absolute atomic E-state index is 13.3. The number of nitrogens with zero attached hydrogens (tertiary/aromatic N) is 1. The number of ether oxygens (including phenoxy) is 1. The van der Waals surface area contributed by atoms with Crippen LogP contribution in [0.2, 0.25) is 5.02 Å². The summed E-state index contributed by atoms with van der Waals surface area (Å²) in [6, 6.07) is 17.2. The number of benzene rings is 3. The van der Waals surface area contributed by atoms with Crippen LogP contribution in [-0.4, -0.2) is 23.9 Å². The third kappa shape index (κ3) is 4.00. The van der Waals surface area contributed by atoms with Gasteiger partial charge in [-0.2, -0.15) is 0 Å². The summed E-state index contributed by atoms with van der Waals surface area (Å²) in [5.74, 6) is -1.31. The fourth-order valence-electron chi connectivity index (χ4n) is 4.43. The highest BCUT2D eigenvalue weighted by Gasteiger charge is 2.47. The van der Waals surface area contributed by atoms with Crippen molar-refractivity contribution in [2.75, 3.05) is 12.0 Å². The van der Waals surface area contributed by atoms with Gasteiger partial charge in [0.25, 0.3) is 11.7 Å². The summed E-state index contributed by atoms with van der Waals surface area (Å²) in [5, 5.41) is 11.9. The molecule has 1 atom stereocenters. The molecule has 0 spiro atoms. The second-order valence-corrected chi connectivity index (χ2v) is 8.66. The monoisotopic (exact) mass is 461 g/mol. The molecule has 1 unspecified atom stereocenters. The van der Waals surface area contributed by atoms with Crippen molar-refractivity contribution in [3.8, 4) is 5.75 Å². The molecule has 1 N–H and O–H groups in total. The lowest BCUT2D eigenvalue weighted by Gasteiger charge is -2.26. The topological polar surface area (TPSA) is 66.8 Å². The van der Waals surface area contributed by atoms with E-state index in [1.54, 1.807) is 30.3 Å². The average Bonchev–Trinajstić information content (AvgIpc) is 3.03. The van der Waals surface area contributed by atoms with E-state index in [0.29, 0.717) is 27.6 Å². The van der Waals surface area contributed by atoms with Crippen LogP contribution in [0.3, 0.4) is 0 Å². The molecule has 0 aliphatic carbocycles. The number of anilines is 1. The van der Waals surface area contributed by atoms with E-state index < -0.39 is 17.7 Å². The number of methoxy groups -OCH3 is 1. The van der Waals surface area contributed by atoms with Crippen LogP contribution in [0, 0.1) is 20.8 Å². The molecule has 33 heavy (non-hydrogen) atoms. The van der Waals surface area contributed by atoms with Crippen molar-refractivity contribution in [3.63, 3.8) is 0 Å². The molecule has 168 valence electrons. The number of ketones is 1. The summed E-state index contributed by atoms with van der Waals surface area (Å²) in [4.78, 5) is 28.0. The van der Waals surface area contributed by atoms with Crippen LogP contribution >= 0.6 is 11.6 Å². The minimum absolute atomic E-state index is 0.00822. The van der Waals surface area contributed by atoms with E-state index in [9.17, 15) is 14.7 Å². The molecule has 1 saturated heterocycles. The first kappa shape index (κ1) is 22.6. The average molecular weight is 462 g/mol. The van der Waals surface area contributed by atoms with E-state index in [0.717, 1.165) is 16.7 Å². The van der Waals surface area contributed by atoms with Gasteiger partial charge in [0.1, 0.15) is 11.5 Å². The van der Waals surface area contributed by atoms with Crippen molar-refractivity contribution in [3.05, 3.63) is 99.1 Å². The van der Waals surface area contributed by atoms with Crippen LogP contribution in [0.15, 0.2) is 66.2 Å². The molecular formula is C27H24ClNO4. The minimum atomic E-state index is -0.825. The first-order valence-corrected chi connectivity index (χ1v) is 10.9. The van der Waals surface area contributed by atoms with E-state index in [4.69, 9.17) is 16.3 Å². The Morgan fingerprint density at radius 1 is 0.970 bits per heavy atom. The quantitative estimate of drug-likeness (QED) is 0.298. The molecule has 1 amide bonds. The van der Waals surface area contributed by atoms with Crippen LogP contribution in [0.1, 0.15) is 33.9 Å². The molecule has 1 aliphatic heterocycles. The molecular weight excluding hydrogens is 438 g/mol. The van der Waals surface area contributed by atoms with Gasteiger partial charge in [-0.3, -0.25) is 14.5 Å². The Morgan fingerprint density at radius 3 is 2.36 bits per heavy atom. The predicted octanol–water partition coefficient (Wildman–Crippen LogP) is 5.90.